The second kappa shape index (κ2) is 10.0. The fourth-order valence-corrected chi connectivity index (χ4v) is 2.63. The van der Waals surface area contributed by atoms with Crippen molar-refractivity contribution in [1.82, 2.24) is 9.97 Å². The summed E-state index contributed by atoms with van der Waals surface area (Å²) in [6.07, 6.45) is 5.07. The minimum atomic E-state index is -0.424. The maximum atomic E-state index is 12.2. The van der Waals surface area contributed by atoms with E-state index in [1.165, 1.54) is 7.11 Å². The van der Waals surface area contributed by atoms with E-state index < -0.39 is 5.97 Å². The zero-order valence-electron chi connectivity index (χ0n) is 16.3. The molecule has 0 aliphatic rings. The number of rotatable bonds is 6. The van der Waals surface area contributed by atoms with Gasteiger partial charge in [-0.25, -0.2) is 4.79 Å². The van der Waals surface area contributed by atoms with E-state index in [9.17, 15) is 4.79 Å². The Morgan fingerprint density at radius 3 is 2.55 bits per heavy atom. The Morgan fingerprint density at radius 1 is 1.07 bits per heavy atom. The molecule has 146 valence electrons. The topological polar surface area (TPSA) is 73.3 Å². The summed E-state index contributed by atoms with van der Waals surface area (Å²) in [5.74, 6) is 5.76. The summed E-state index contributed by atoms with van der Waals surface area (Å²) >= 11 is 0. The molecule has 0 saturated carbocycles. The lowest BCUT2D eigenvalue weighted by atomic mass is 10.1. The summed E-state index contributed by atoms with van der Waals surface area (Å²) < 4.78 is 9.93. The average Bonchev–Trinajstić information content (AvgIpc) is 2.78. The number of nitrogens with zero attached hydrogens (tertiary/aromatic N) is 2. The highest BCUT2D eigenvalue weighted by Crippen LogP contribution is 2.24. The van der Waals surface area contributed by atoms with Crippen LogP contribution in [0.25, 0.3) is 11.3 Å². The number of aromatic nitrogens is 2. The van der Waals surface area contributed by atoms with E-state index in [2.05, 4.69) is 27.1 Å². The van der Waals surface area contributed by atoms with Crippen LogP contribution in [0, 0.1) is 11.8 Å². The predicted octanol–water partition coefficient (Wildman–Crippen LogP) is 3.39. The van der Waals surface area contributed by atoms with Crippen molar-refractivity contribution >= 4 is 11.7 Å². The molecular weight excluding hydrogens is 366 g/mol. The number of esters is 1. The molecule has 0 bridgehead atoms. The average molecular weight is 387 g/mol. The number of nitrogens with one attached hydrogen (secondary N) is 1. The minimum Gasteiger partial charge on any atom is -0.465 e. The highest BCUT2D eigenvalue weighted by Gasteiger charge is 2.14. The van der Waals surface area contributed by atoms with E-state index in [0.29, 0.717) is 30.1 Å². The van der Waals surface area contributed by atoms with Crippen molar-refractivity contribution in [2.24, 2.45) is 0 Å². The zero-order valence-corrected chi connectivity index (χ0v) is 16.3. The summed E-state index contributed by atoms with van der Waals surface area (Å²) in [6.45, 7) is 1.08. The molecule has 0 spiro atoms. The second-order valence-electron chi connectivity index (χ2n) is 6.10. The first kappa shape index (κ1) is 20.1. The van der Waals surface area contributed by atoms with Gasteiger partial charge >= 0.3 is 5.97 Å². The number of methoxy groups -OCH3 is 2. The largest absolute Gasteiger partial charge is 0.465 e. The van der Waals surface area contributed by atoms with Gasteiger partial charge in [-0.15, -0.1) is 0 Å². The number of carbonyl (C=O) groups excluding carboxylic acids is 1. The van der Waals surface area contributed by atoms with E-state index >= 15 is 0 Å². The lowest BCUT2D eigenvalue weighted by molar-refractivity contribution is 0.0601. The lowest BCUT2D eigenvalue weighted by Crippen LogP contribution is -2.13. The van der Waals surface area contributed by atoms with Crippen LogP contribution in [-0.2, 0) is 9.47 Å². The third kappa shape index (κ3) is 5.41. The van der Waals surface area contributed by atoms with Crippen molar-refractivity contribution in [2.45, 2.75) is 0 Å². The van der Waals surface area contributed by atoms with Gasteiger partial charge in [0.05, 0.1) is 36.9 Å². The van der Waals surface area contributed by atoms with Crippen molar-refractivity contribution in [3.8, 4) is 23.1 Å². The molecule has 2 aromatic heterocycles. The van der Waals surface area contributed by atoms with Crippen molar-refractivity contribution in [3.05, 3.63) is 77.7 Å². The maximum Gasteiger partial charge on any atom is 0.340 e. The molecular formula is C23H21N3O3. The quantitative estimate of drug-likeness (QED) is 0.397. The van der Waals surface area contributed by atoms with Crippen LogP contribution >= 0.6 is 0 Å². The first-order valence-electron chi connectivity index (χ1n) is 9.05. The molecule has 6 nitrogen and oxygen atoms in total. The Hall–Kier alpha value is -3.69. The summed E-state index contributed by atoms with van der Waals surface area (Å²) in [4.78, 5) is 20.7. The van der Waals surface area contributed by atoms with Gasteiger partial charge in [0.15, 0.2) is 0 Å². The van der Waals surface area contributed by atoms with Crippen LogP contribution in [0.1, 0.15) is 21.5 Å². The van der Waals surface area contributed by atoms with Crippen LogP contribution in [0.2, 0.25) is 0 Å². The van der Waals surface area contributed by atoms with Gasteiger partial charge in [-0.05, 0) is 30.3 Å². The van der Waals surface area contributed by atoms with E-state index in [4.69, 9.17) is 9.47 Å². The van der Waals surface area contributed by atoms with E-state index in [0.717, 1.165) is 16.7 Å². The lowest BCUT2D eigenvalue weighted by Gasteiger charge is -2.12. The number of hydrogen-bond acceptors (Lipinski definition) is 6. The highest BCUT2D eigenvalue weighted by atomic mass is 16.5. The molecule has 2 heterocycles. The van der Waals surface area contributed by atoms with Crippen LogP contribution in [-0.4, -0.2) is 43.3 Å². The highest BCUT2D eigenvalue weighted by molar-refractivity contribution is 5.96. The summed E-state index contributed by atoms with van der Waals surface area (Å²) in [5.41, 5.74) is 4.33. The third-order valence-corrected chi connectivity index (χ3v) is 4.12. The Bertz CT molecular complexity index is 1020. The van der Waals surface area contributed by atoms with Gasteiger partial charge in [0.1, 0.15) is 0 Å². The normalized spacial score (nSPS) is 10.0. The van der Waals surface area contributed by atoms with Gasteiger partial charge in [-0.1, -0.05) is 24.0 Å². The van der Waals surface area contributed by atoms with Crippen LogP contribution in [0.3, 0.4) is 0 Å². The smallest absolute Gasteiger partial charge is 0.340 e. The fraction of sp³-hybridized carbons (Fsp3) is 0.174. The number of pyridine rings is 2. The van der Waals surface area contributed by atoms with E-state index in [1.54, 1.807) is 31.8 Å². The third-order valence-electron chi connectivity index (χ3n) is 4.12. The number of benzene rings is 1. The first-order chi connectivity index (χ1) is 14.2. The molecule has 0 aliphatic carbocycles. The van der Waals surface area contributed by atoms with Crippen molar-refractivity contribution in [3.63, 3.8) is 0 Å². The SMILES string of the molecule is COCCNc1cnc(-c2ccc(C#Cc3cccnc3)cc2)cc1C(=O)OC. The molecule has 29 heavy (non-hydrogen) atoms. The second-order valence-corrected chi connectivity index (χ2v) is 6.10. The maximum absolute atomic E-state index is 12.2. The van der Waals surface area contributed by atoms with Gasteiger partial charge in [0, 0.05) is 42.7 Å². The van der Waals surface area contributed by atoms with Crippen LogP contribution in [0.5, 0.6) is 0 Å². The molecule has 0 fully saturated rings. The zero-order chi connectivity index (χ0) is 20.5. The molecule has 1 aromatic carbocycles. The molecule has 1 N–H and O–H groups in total. The number of ether oxygens (including phenoxy) is 2. The Balaban J connectivity index is 1.82. The molecule has 3 aromatic rings. The molecule has 0 aliphatic heterocycles. The van der Waals surface area contributed by atoms with Gasteiger partial charge < -0.3 is 14.8 Å². The molecule has 0 amide bonds. The molecule has 0 atom stereocenters. The molecule has 0 saturated heterocycles. The first-order valence-corrected chi connectivity index (χ1v) is 9.05. The van der Waals surface area contributed by atoms with Crippen LogP contribution < -0.4 is 5.32 Å². The van der Waals surface area contributed by atoms with Gasteiger partial charge in [0.2, 0.25) is 0 Å². The summed E-state index contributed by atoms with van der Waals surface area (Å²) in [7, 11) is 2.98. The molecule has 0 radical (unpaired) electrons. The van der Waals surface area contributed by atoms with Crippen LogP contribution in [0.4, 0.5) is 5.69 Å². The molecule has 6 heteroatoms. The van der Waals surface area contributed by atoms with Gasteiger partial charge in [-0.2, -0.15) is 0 Å². The van der Waals surface area contributed by atoms with Crippen molar-refractivity contribution in [1.29, 1.82) is 0 Å². The van der Waals surface area contributed by atoms with Gasteiger partial charge in [-0.3, -0.25) is 9.97 Å². The molecule has 0 unspecified atom stereocenters. The van der Waals surface area contributed by atoms with Crippen molar-refractivity contribution < 1.29 is 14.3 Å². The Labute approximate surface area is 169 Å². The summed E-state index contributed by atoms with van der Waals surface area (Å²) in [6, 6.07) is 13.2. The van der Waals surface area contributed by atoms with Gasteiger partial charge in [0.25, 0.3) is 0 Å². The summed E-state index contributed by atoms with van der Waals surface area (Å²) in [5, 5.41) is 3.14. The van der Waals surface area contributed by atoms with Crippen molar-refractivity contribution in [2.75, 3.05) is 32.7 Å². The predicted molar refractivity (Wildman–Crippen MR) is 112 cm³/mol. The van der Waals surface area contributed by atoms with E-state index in [-0.39, 0.29) is 0 Å². The fourth-order valence-electron chi connectivity index (χ4n) is 2.63. The Morgan fingerprint density at radius 2 is 1.86 bits per heavy atom. The van der Waals surface area contributed by atoms with Crippen LogP contribution in [0.15, 0.2) is 61.1 Å². The Kier molecular flexibility index (Phi) is 6.93. The number of anilines is 1. The van der Waals surface area contributed by atoms with E-state index in [1.807, 2.05) is 36.4 Å². The minimum absolute atomic E-state index is 0.424. The number of carbonyl (C=O) groups is 1. The monoisotopic (exact) mass is 387 g/mol. The number of hydrogen-bond donors (Lipinski definition) is 1. The standard InChI is InChI=1S/C23H21N3O3/c1-28-13-12-25-22-16-26-21(14-20(22)23(27)29-2)19-9-7-17(8-10-19)5-6-18-4-3-11-24-15-18/h3-4,7-11,14-16,25H,12-13H2,1-2H3. The molecule has 3 rings (SSSR count).